The van der Waals surface area contributed by atoms with Gasteiger partial charge in [-0.2, -0.15) is 13.2 Å². The molecule has 0 aromatic heterocycles. The van der Waals surface area contributed by atoms with Gasteiger partial charge in [0.15, 0.2) is 0 Å². The van der Waals surface area contributed by atoms with Gasteiger partial charge in [-0.25, -0.2) is 9.18 Å². The number of likely N-dealkylation sites (tertiary alicyclic amines) is 1. The summed E-state index contributed by atoms with van der Waals surface area (Å²) in [6.07, 6.45) is -4.13. The molecule has 7 heteroatoms. The lowest BCUT2D eigenvalue weighted by atomic mass is 9.96. The average molecular weight is 305 g/mol. The Balaban J connectivity index is 1.99. The third kappa shape index (κ3) is 4.17. The quantitative estimate of drug-likeness (QED) is 0.871. The van der Waals surface area contributed by atoms with Crippen LogP contribution in [0.1, 0.15) is 28.8 Å². The summed E-state index contributed by atoms with van der Waals surface area (Å²) in [6.45, 7) is 0.787. The molecule has 1 saturated heterocycles. The fourth-order valence-electron chi connectivity index (χ4n) is 2.54. The van der Waals surface area contributed by atoms with Gasteiger partial charge in [0.05, 0.1) is 11.5 Å². The third-order valence-electron chi connectivity index (χ3n) is 3.66. The number of carboxylic acid groups (broad SMARTS) is 1. The summed E-state index contributed by atoms with van der Waals surface area (Å²) in [5.41, 5.74) is 0.299. The fourth-order valence-corrected chi connectivity index (χ4v) is 2.54. The van der Waals surface area contributed by atoms with Crippen LogP contribution in [0.25, 0.3) is 0 Å². The third-order valence-corrected chi connectivity index (χ3v) is 3.66. The lowest BCUT2D eigenvalue weighted by Crippen LogP contribution is -2.38. The first-order chi connectivity index (χ1) is 9.75. The number of hydrogen-bond donors (Lipinski definition) is 1. The molecule has 0 aliphatic carbocycles. The zero-order valence-electron chi connectivity index (χ0n) is 11.2. The van der Waals surface area contributed by atoms with Crippen LogP contribution in [0, 0.1) is 11.7 Å². The molecule has 1 aliphatic heterocycles. The average Bonchev–Trinajstić information content (AvgIpc) is 2.37. The van der Waals surface area contributed by atoms with E-state index >= 15 is 0 Å². The molecule has 0 bridgehead atoms. The number of carbonyl (C=O) groups is 1. The van der Waals surface area contributed by atoms with Crippen molar-refractivity contribution in [2.45, 2.75) is 25.6 Å². The van der Waals surface area contributed by atoms with Gasteiger partial charge in [-0.3, -0.25) is 4.90 Å². The number of hydrogen-bond acceptors (Lipinski definition) is 2. The van der Waals surface area contributed by atoms with Crippen LogP contribution >= 0.6 is 0 Å². The predicted octanol–water partition coefficient (Wildman–Crippen LogP) is 3.30. The molecule has 3 nitrogen and oxygen atoms in total. The molecule has 116 valence electrons. The first-order valence-electron chi connectivity index (χ1n) is 6.57. The highest BCUT2D eigenvalue weighted by Crippen LogP contribution is 2.34. The Bertz CT molecular complexity index is 522. The fraction of sp³-hybridized carbons (Fsp3) is 0.500. The topological polar surface area (TPSA) is 40.5 Å². The van der Waals surface area contributed by atoms with Crippen LogP contribution in [-0.4, -0.2) is 35.2 Å². The largest absolute Gasteiger partial charge is 0.478 e. The second-order valence-electron chi connectivity index (χ2n) is 5.25. The Morgan fingerprint density at radius 2 is 1.86 bits per heavy atom. The number of benzene rings is 1. The highest BCUT2D eigenvalue weighted by Gasteiger charge is 2.40. The molecule has 0 saturated carbocycles. The maximum absolute atomic E-state index is 13.3. The van der Waals surface area contributed by atoms with Crippen molar-refractivity contribution < 1.29 is 27.5 Å². The number of aromatic carboxylic acids is 1. The summed E-state index contributed by atoms with van der Waals surface area (Å²) in [4.78, 5) is 12.6. The number of carboxylic acids is 1. The van der Waals surface area contributed by atoms with Crippen LogP contribution in [0.15, 0.2) is 18.2 Å². The van der Waals surface area contributed by atoms with Crippen LogP contribution in [0.3, 0.4) is 0 Å². The van der Waals surface area contributed by atoms with Gasteiger partial charge in [-0.05, 0) is 49.7 Å². The second-order valence-corrected chi connectivity index (χ2v) is 5.25. The standard InChI is InChI=1S/C14H15F4NO2/c15-12-6-9(5-10(7-12)13(20)21)8-19-3-1-11(2-4-19)14(16,17)18/h5-7,11H,1-4,8H2,(H,20,21). The molecule has 1 aromatic rings. The van der Waals surface area contributed by atoms with Gasteiger partial charge in [-0.15, -0.1) is 0 Å². The SMILES string of the molecule is O=C(O)c1cc(F)cc(CN2CCC(C(F)(F)F)CC2)c1. The van der Waals surface area contributed by atoms with Crippen molar-refractivity contribution in [1.82, 2.24) is 4.90 Å². The van der Waals surface area contributed by atoms with Gasteiger partial charge < -0.3 is 5.11 Å². The van der Waals surface area contributed by atoms with Gasteiger partial charge in [-0.1, -0.05) is 0 Å². The van der Waals surface area contributed by atoms with Crippen LogP contribution in [0.5, 0.6) is 0 Å². The maximum Gasteiger partial charge on any atom is 0.391 e. The highest BCUT2D eigenvalue weighted by molar-refractivity contribution is 5.87. The monoisotopic (exact) mass is 305 g/mol. The smallest absolute Gasteiger partial charge is 0.391 e. The minimum Gasteiger partial charge on any atom is -0.478 e. The van der Waals surface area contributed by atoms with Crippen LogP contribution in [-0.2, 0) is 6.54 Å². The van der Waals surface area contributed by atoms with Crippen molar-refractivity contribution >= 4 is 5.97 Å². The zero-order chi connectivity index (χ0) is 15.6. The summed E-state index contributed by atoms with van der Waals surface area (Å²) >= 11 is 0. The van der Waals surface area contributed by atoms with Gasteiger partial charge in [0.1, 0.15) is 5.82 Å². The first kappa shape index (κ1) is 15.8. The molecule has 0 spiro atoms. The summed E-state index contributed by atoms with van der Waals surface area (Å²) in [7, 11) is 0. The van der Waals surface area contributed by atoms with Gasteiger partial charge in [0, 0.05) is 6.54 Å². The van der Waals surface area contributed by atoms with Gasteiger partial charge in [0.25, 0.3) is 0 Å². The molecule has 1 aliphatic rings. The summed E-state index contributed by atoms with van der Waals surface area (Å²) in [6, 6.07) is 3.48. The summed E-state index contributed by atoms with van der Waals surface area (Å²) < 4.78 is 51.0. The molecule has 0 amide bonds. The van der Waals surface area contributed by atoms with Crippen molar-refractivity contribution in [3.05, 3.63) is 35.1 Å². The highest BCUT2D eigenvalue weighted by atomic mass is 19.4. The van der Waals surface area contributed by atoms with E-state index in [0.717, 1.165) is 6.07 Å². The molecule has 0 radical (unpaired) electrons. The van der Waals surface area contributed by atoms with Crippen molar-refractivity contribution in [3.63, 3.8) is 0 Å². The molecule has 1 N–H and O–H groups in total. The molecule has 21 heavy (non-hydrogen) atoms. The number of alkyl halides is 3. The van der Waals surface area contributed by atoms with E-state index in [1.54, 1.807) is 4.90 Å². The van der Waals surface area contributed by atoms with Gasteiger partial charge in [0.2, 0.25) is 0 Å². The van der Waals surface area contributed by atoms with E-state index < -0.39 is 23.9 Å². The van der Waals surface area contributed by atoms with Crippen molar-refractivity contribution in [2.75, 3.05) is 13.1 Å². The molecule has 0 unspecified atom stereocenters. The molecule has 1 heterocycles. The lowest BCUT2D eigenvalue weighted by molar-refractivity contribution is -0.185. The van der Waals surface area contributed by atoms with E-state index in [1.165, 1.54) is 12.1 Å². The molecule has 0 atom stereocenters. The molecule has 1 fully saturated rings. The minimum absolute atomic E-state index is 0.0185. The second kappa shape index (κ2) is 6.01. The maximum atomic E-state index is 13.3. The van der Waals surface area contributed by atoms with E-state index in [0.29, 0.717) is 5.56 Å². The Morgan fingerprint density at radius 3 is 2.38 bits per heavy atom. The number of halogens is 4. The zero-order valence-corrected chi connectivity index (χ0v) is 11.2. The van der Waals surface area contributed by atoms with E-state index in [-0.39, 0.29) is 38.0 Å². The van der Waals surface area contributed by atoms with E-state index in [2.05, 4.69) is 0 Å². The van der Waals surface area contributed by atoms with Crippen LogP contribution in [0.2, 0.25) is 0 Å². The van der Waals surface area contributed by atoms with Crippen molar-refractivity contribution in [2.24, 2.45) is 5.92 Å². The van der Waals surface area contributed by atoms with Crippen LogP contribution < -0.4 is 0 Å². The Hall–Kier alpha value is -1.63. The summed E-state index contributed by atoms with van der Waals surface area (Å²) in [5, 5.41) is 8.86. The lowest BCUT2D eigenvalue weighted by Gasteiger charge is -2.32. The Labute approximate surface area is 119 Å². The van der Waals surface area contributed by atoms with E-state index in [1.807, 2.05) is 0 Å². The van der Waals surface area contributed by atoms with Crippen LogP contribution in [0.4, 0.5) is 17.6 Å². The Morgan fingerprint density at radius 1 is 1.24 bits per heavy atom. The number of piperidine rings is 1. The Kier molecular flexibility index (Phi) is 4.51. The number of rotatable bonds is 3. The number of nitrogens with zero attached hydrogens (tertiary/aromatic N) is 1. The molecule has 1 aromatic carbocycles. The molecular formula is C14H15F4NO2. The van der Waals surface area contributed by atoms with E-state index in [4.69, 9.17) is 5.11 Å². The van der Waals surface area contributed by atoms with E-state index in [9.17, 15) is 22.4 Å². The normalized spacial score (nSPS) is 17.9. The minimum atomic E-state index is -4.17. The predicted molar refractivity (Wildman–Crippen MR) is 67.4 cm³/mol. The van der Waals surface area contributed by atoms with Gasteiger partial charge >= 0.3 is 12.1 Å². The van der Waals surface area contributed by atoms with Crippen molar-refractivity contribution in [1.29, 1.82) is 0 Å². The summed E-state index contributed by atoms with van der Waals surface area (Å²) in [5.74, 6) is -3.17. The van der Waals surface area contributed by atoms with Crippen molar-refractivity contribution in [3.8, 4) is 0 Å². The molecule has 2 rings (SSSR count). The first-order valence-corrected chi connectivity index (χ1v) is 6.57. The molecular weight excluding hydrogens is 290 g/mol.